The number of nitriles is 1. The van der Waals surface area contributed by atoms with Gasteiger partial charge in [0.1, 0.15) is 0 Å². The minimum Gasteiger partial charge on any atom is -0.379 e. The van der Waals surface area contributed by atoms with Gasteiger partial charge in [0, 0.05) is 30.1 Å². The van der Waals surface area contributed by atoms with Crippen molar-refractivity contribution < 1.29 is 23.1 Å². The third-order valence-electron chi connectivity index (χ3n) is 7.77. The maximum Gasteiger partial charge on any atom is 0.419 e. The number of halogens is 3. The quantitative estimate of drug-likeness (QED) is 0.422. The zero-order valence-electron chi connectivity index (χ0n) is 20.8. The molecule has 37 heavy (non-hydrogen) atoms. The van der Waals surface area contributed by atoms with Gasteiger partial charge in [-0.05, 0) is 54.0 Å². The second-order valence-electron chi connectivity index (χ2n) is 11.0. The third-order valence-corrected chi connectivity index (χ3v) is 7.77. The van der Waals surface area contributed by atoms with Crippen LogP contribution in [0.15, 0.2) is 36.5 Å². The lowest BCUT2D eigenvalue weighted by molar-refractivity contribution is -0.275. The van der Waals surface area contributed by atoms with Gasteiger partial charge in [-0.25, -0.2) is 0 Å². The van der Waals surface area contributed by atoms with Gasteiger partial charge < -0.3 is 15.3 Å². The molecule has 2 heterocycles. The average Bonchev–Trinajstić information content (AvgIpc) is 3.41. The first-order valence-corrected chi connectivity index (χ1v) is 12.1. The molecule has 3 atom stereocenters. The minimum atomic E-state index is -4.93. The highest BCUT2D eigenvalue weighted by molar-refractivity contribution is 5.94. The number of benzene rings is 2. The van der Waals surface area contributed by atoms with Gasteiger partial charge in [0.25, 0.3) is 0 Å². The van der Waals surface area contributed by atoms with Crippen LogP contribution in [0, 0.1) is 16.7 Å². The summed E-state index contributed by atoms with van der Waals surface area (Å²) in [6.45, 7) is 3.38. The Morgan fingerprint density at radius 1 is 1.24 bits per heavy atom. The first kappa shape index (κ1) is 25.1. The van der Waals surface area contributed by atoms with E-state index in [9.17, 15) is 28.3 Å². The standard InChI is InChI=1S/C27H28F3N5O2/c1-25(2)11-16-10-15(12-31)4-5-17(16)24(26(37,14-25)27(28,29)30)33-20-7-6-18(23-19(20)13-32-34-23)21-8-9-22(36)35(21)3/h4-7,10,13,21,24,33,37H,8-9,11,14H2,1-3H3,(H,32,34). The Hall–Kier alpha value is -3.58. The molecule has 0 radical (unpaired) electrons. The lowest BCUT2D eigenvalue weighted by Crippen LogP contribution is -2.54. The molecular formula is C27H28F3N5O2. The van der Waals surface area contributed by atoms with Gasteiger partial charge in [-0.1, -0.05) is 26.0 Å². The number of alkyl halides is 3. The highest BCUT2D eigenvalue weighted by atomic mass is 19.4. The summed E-state index contributed by atoms with van der Waals surface area (Å²) in [6.07, 6.45) is -2.59. The summed E-state index contributed by atoms with van der Waals surface area (Å²) in [5.41, 5.74) is -0.899. The van der Waals surface area contributed by atoms with Gasteiger partial charge in [-0.2, -0.15) is 23.5 Å². The number of anilines is 1. The number of hydrogen-bond acceptors (Lipinski definition) is 5. The summed E-state index contributed by atoms with van der Waals surface area (Å²) in [4.78, 5) is 13.8. The van der Waals surface area contributed by atoms with Crippen molar-refractivity contribution in [2.45, 2.75) is 63.4 Å². The van der Waals surface area contributed by atoms with Crippen LogP contribution in [-0.2, 0) is 11.2 Å². The Labute approximate surface area is 212 Å². The SMILES string of the molecule is CN1C(=O)CCC1c1ccc(NC2c3ccc(C#N)cc3CC(C)(C)CC2(O)C(F)(F)F)c2cn[nH]c12. The number of nitrogens with zero attached hydrogens (tertiary/aromatic N) is 3. The highest BCUT2D eigenvalue weighted by Gasteiger charge is 2.62. The van der Waals surface area contributed by atoms with Crippen molar-refractivity contribution in [3.05, 3.63) is 58.8 Å². The minimum absolute atomic E-state index is 0.0320. The maximum atomic E-state index is 14.6. The van der Waals surface area contributed by atoms with E-state index in [4.69, 9.17) is 0 Å². The molecule has 2 aromatic carbocycles. The van der Waals surface area contributed by atoms with Crippen LogP contribution in [0.3, 0.4) is 0 Å². The fraction of sp³-hybridized carbons (Fsp3) is 0.444. The Bertz CT molecular complexity index is 1420. The number of likely N-dealkylation sites (tertiary alicyclic amines) is 1. The number of carbonyl (C=O) groups is 1. The number of aliphatic hydroxyl groups is 1. The van der Waals surface area contributed by atoms with E-state index < -0.39 is 29.7 Å². The number of nitrogens with one attached hydrogen (secondary N) is 2. The van der Waals surface area contributed by atoms with E-state index >= 15 is 0 Å². The molecule has 0 spiro atoms. The van der Waals surface area contributed by atoms with Crippen LogP contribution in [0.1, 0.15) is 67.4 Å². The van der Waals surface area contributed by atoms with Crippen LogP contribution < -0.4 is 5.32 Å². The topological polar surface area (TPSA) is 105 Å². The molecular weight excluding hydrogens is 483 g/mol. The Morgan fingerprint density at radius 2 is 1.97 bits per heavy atom. The van der Waals surface area contributed by atoms with Crippen molar-refractivity contribution in [1.82, 2.24) is 15.1 Å². The summed E-state index contributed by atoms with van der Waals surface area (Å²) in [5, 5.41) is 31.5. The highest BCUT2D eigenvalue weighted by Crippen LogP contribution is 2.52. The molecule has 5 rings (SSSR count). The summed E-state index contributed by atoms with van der Waals surface area (Å²) >= 11 is 0. The van der Waals surface area contributed by atoms with Gasteiger partial charge in [0.15, 0.2) is 5.60 Å². The van der Waals surface area contributed by atoms with Crippen molar-refractivity contribution in [3.63, 3.8) is 0 Å². The lowest BCUT2D eigenvalue weighted by Gasteiger charge is -2.41. The second-order valence-corrected chi connectivity index (χ2v) is 11.0. The normalized spacial score (nSPS) is 25.6. The van der Waals surface area contributed by atoms with Crippen molar-refractivity contribution in [3.8, 4) is 6.07 Å². The Kier molecular flexibility index (Phi) is 5.75. The average molecular weight is 512 g/mol. The fourth-order valence-electron chi connectivity index (χ4n) is 6.02. The van der Waals surface area contributed by atoms with Crippen molar-refractivity contribution >= 4 is 22.5 Å². The van der Waals surface area contributed by atoms with E-state index in [2.05, 4.69) is 21.6 Å². The van der Waals surface area contributed by atoms with Crippen LogP contribution in [0.4, 0.5) is 18.9 Å². The number of hydrogen-bond donors (Lipinski definition) is 3. The predicted octanol–water partition coefficient (Wildman–Crippen LogP) is 5.15. The molecule has 194 valence electrons. The lowest BCUT2D eigenvalue weighted by atomic mass is 9.76. The van der Waals surface area contributed by atoms with E-state index in [-0.39, 0.29) is 18.4 Å². The molecule has 3 N–H and O–H groups in total. The summed E-state index contributed by atoms with van der Waals surface area (Å²) in [7, 11) is 1.73. The van der Waals surface area contributed by atoms with Crippen molar-refractivity contribution in [2.75, 3.05) is 12.4 Å². The molecule has 1 fully saturated rings. The smallest absolute Gasteiger partial charge is 0.379 e. The molecule has 0 bridgehead atoms. The summed E-state index contributed by atoms with van der Waals surface area (Å²) in [6, 6.07) is 8.42. The van der Waals surface area contributed by atoms with Crippen LogP contribution in [0.5, 0.6) is 0 Å². The number of aromatic amines is 1. The largest absolute Gasteiger partial charge is 0.419 e. The van der Waals surface area contributed by atoms with Gasteiger partial charge in [-0.15, -0.1) is 0 Å². The molecule has 1 saturated heterocycles. The number of H-pyrrole nitrogens is 1. The first-order chi connectivity index (χ1) is 17.3. The van der Waals surface area contributed by atoms with E-state index in [1.54, 1.807) is 44.0 Å². The van der Waals surface area contributed by atoms with Crippen LogP contribution in [0.2, 0.25) is 0 Å². The van der Waals surface area contributed by atoms with E-state index in [1.165, 1.54) is 18.3 Å². The molecule has 1 aliphatic heterocycles. The van der Waals surface area contributed by atoms with Crippen LogP contribution >= 0.6 is 0 Å². The van der Waals surface area contributed by atoms with Gasteiger partial charge >= 0.3 is 6.18 Å². The van der Waals surface area contributed by atoms with E-state index in [1.807, 2.05) is 0 Å². The van der Waals surface area contributed by atoms with Gasteiger partial charge in [0.2, 0.25) is 5.91 Å². The Balaban J connectivity index is 1.65. The molecule has 1 aromatic heterocycles. The fourth-order valence-corrected chi connectivity index (χ4v) is 6.02. The first-order valence-electron chi connectivity index (χ1n) is 12.1. The monoisotopic (exact) mass is 511 g/mol. The third kappa shape index (κ3) is 4.11. The number of amides is 1. The summed E-state index contributed by atoms with van der Waals surface area (Å²) in [5.74, 6) is 0.0320. The number of aromatic nitrogens is 2. The Morgan fingerprint density at radius 3 is 2.62 bits per heavy atom. The van der Waals surface area contributed by atoms with E-state index in [0.717, 1.165) is 5.56 Å². The molecule has 1 amide bonds. The maximum absolute atomic E-state index is 14.6. The molecule has 10 heteroatoms. The van der Waals surface area contributed by atoms with Crippen molar-refractivity contribution in [1.29, 1.82) is 5.26 Å². The second kappa shape index (κ2) is 8.48. The molecule has 1 aliphatic carbocycles. The predicted molar refractivity (Wildman–Crippen MR) is 131 cm³/mol. The van der Waals surface area contributed by atoms with Gasteiger partial charge in [0.05, 0.1) is 35.4 Å². The number of carbonyl (C=O) groups excluding carboxylic acids is 1. The molecule has 3 unspecified atom stereocenters. The number of rotatable bonds is 3. The number of fused-ring (bicyclic) bond motifs is 2. The van der Waals surface area contributed by atoms with Crippen LogP contribution in [-0.4, -0.2) is 44.9 Å². The molecule has 2 aliphatic rings. The molecule has 3 aromatic rings. The zero-order chi connectivity index (χ0) is 26.8. The van der Waals surface area contributed by atoms with Crippen LogP contribution in [0.25, 0.3) is 10.9 Å². The molecule has 7 nitrogen and oxygen atoms in total. The van der Waals surface area contributed by atoms with Gasteiger partial charge in [-0.3, -0.25) is 9.89 Å². The zero-order valence-corrected chi connectivity index (χ0v) is 20.8. The molecule has 0 saturated carbocycles. The summed E-state index contributed by atoms with van der Waals surface area (Å²) < 4.78 is 43.9. The van der Waals surface area contributed by atoms with Crippen molar-refractivity contribution in [2.24, 2.45) is 5.41 Å². The van der Waals surface area contributed by atoms with E-state index in [0.29, 0.717) is 46.1 Å².